The number of amides is 1. The van der Waals surface area contributed by atoms with E-state index in [1.165, 1.54) is 6.42 Å². The molecule has 1 aliphatic carbocycles. The van der Waals surface area contributed by atoms with Crippen LogP contribution >= 0.6 is 0 Å². The topological polar surface area (TPSA) is 29.5 Å². The molecule has 0 aromatic rings. The van der Waals surface area contributed by atoms with Crippen molar-refractivity contribution in [2.75, 3.05) is 0 Å². The minimum atomic E-state index is -0.153. The Labute approximate surface area is 86.4 Å². The maximum absolute atomic E-state index is 11.7. The van der Waals surface area contributed by atoms with Crippen molar-refractivity contribution in [3.05, 3.63) is 0 Å². The third-order valence-electron chi connectivity index (χ3n) is 2.64. The van der Waals surface area contributed by atoms with Gasteiger partial charge in [0.2, 0.25) is 0 Å². The summed E-state index contributed by atoms with van der Waals surface area (Å²) in [4.78, 5) is 13.5. The van der Waals surface area contributed by atoms with Gasteiger partial charge in [-0.15, -0.1) is 0 Å². The summed E-state index contributed by atoms with van der Waals surface area (Å²) in [6, 6.07) is 0.421. The molecule has 1 amide bonds. The fraction of sp³-hybridized carbons (Fsp3) is 0.909. The molecule has 0 unspecified atom stereocenters. The van der Waals surface area contributed by atoms with Gasteiger partial charge in [0.25, 0.3) is 0 Å². The molecule has 1 aliphatic rings. The van der Waals surface area contributed by atoms with Crippen molar-refractivity contribution >= 4 is 6.09 Å². The Morgan fingerprint density at radius 2 is 1.71 bits per heavy atom. The number of rotatable bonds is 3. The number of hydrogen-bond donors (Lipinski definition) is 0. The predicted octanol–water partition coefficient (Wildman–Crippen LogP) is 2.79. The summed E-state index contributed by atoms with van der Waals surface area (Å²) in [5.74, 6) is 0. The van der Waals surface area contributed by atoms with Crippen molar-refractivity contribution in [1.82, 2.24) is 4.90 Å². The van der Waals surface area contributed by atoms with Gasteiger partial charge in [0.05, 0.1) is 0 Å². The van der Waals surface area contributed by atoms with E-state index >= 15 is 0 Å². The molecule has 0 heterocycles. The first-order valence-electron chi connectivity index (χ1n) is 5.51. The molecule has 3 nitrogen and oxygen atoms in total. The van der Waals surface area contributed by atoms with Crippen molar-refractivity contribution in [3.63, 3.8) is 0 Å². The maximum atomic E-state index is 11.7. The first-order valence-corrected chi connectivity index (χ1v) is 5.51. The van der Waals surface area contributed by atoms with Crippen LogP contribution in [0.3, 0.4) is 0 Å². The van der Waals surface area contributed by atoms with Crippen molar-refractivity contribution in [2.45, 2.75) is 65.1 Å². The minimum Gasteiger partial charge on any atom is -0.446 e. The molecule has 14 heavy (non-hydrogen) atoms. The Balaban J connectivity index is 2.45. The lowest BCUT2D eigenvalue weighted by atomic mass is 9.96. The number of carbonyl (C=O) groups excluding carboxylic acids is 1. The second kappa shape index (κ2) is 4.67. The van der Waals surface area contributed by atoms with Gasteiger partial charge in [-0.25, -0.2) is 4.79 Å². The van der Waals surface area contributed by atoms with Gasteiger partial charge in [-0.1, -0.05) is 0 Å². The van der Waals surface area contributed by atoms with E-state index in [1.807, 2.05) is 27.7 Å². The molecule has 1 fully saturated rings. The average molecular weight is 199 g/mol. The highest BCUT2D eigenvalue weighted by molar-refractivity contribution is 5.68. The first kappa shape index (κ1) is 11.3. The van der Waals surface area contributed by atoms with Gasteiger partial charge in [-0.3, -0.25) is 0 Å². The molecule has 0 aromatic carbocycles. The number of hydrogen-bond acceptors (Lipinski definition) is 2. The van der Waals surface area contributed by atoms with Crippen LogP contribution in [0.2, 0.25) is 0 Å². The van der Waals surface area contributed by atoms with E-state index < -0.39 is 0 Å². The fourth-order valence-corrected chi connectivity index (χ4v) is 1.71. The lowest BCUT2D eigenvalue weighted by Crippen LogP contribution is -2.44. The minimum absolute atomic E-state index is 0.153. The lowest BCUT2D eigenvalue weighted by molar-refractivity contribution is 0.0146. The Kier molecular flexibility index (Phi) is 3.78. The van der Waals surface area contributed by atoms with Crippen LogP contribution in [0.4, 0.5) is 4.79 Å². The van der Waals surface area contributed by atoms with Crippen LogP contribution in [-0.4, -0.2) is 29.2 Å². The summed E-state index contributed by atoms with van der Waals surface area (Å²) in [7, 11) is 0. The molecular formula is C11H21NO2. The monoisotopic (exact) mass is 199 g/mol. The third-order valence-corrected chi connectivity index (χ3v) is 2.64. The molecule has 1 saturated carbocycles. The van der Waals surface area contributed by atoms with Crippen LogP contribution in [0.25, 0.3) is 0 Å². The molecule has 82 valence electrons. The Morgan fingerprint density at radius 3 is 2.00 bits per heavy atom. The van der Waals surface area contributed by atoms with Crippen LogP contribution < -0.4 is 0 Å². The molecule has 0 spiro atoms. The summed E-state index contributed by atoms with van der Waals surface area (Å²) in [6.45, 7) is 8.06. The summed E-state index contributed by atoms with van der Waals surface area (Å²) >= 11 is 0. The molecule has 0 saturated heterocycles. The van der Waals surface area contributed by atoms with Gasteiger partial charge in [0, 0.05) is 12.1 Å². The molecule has 0 aliphatic heterocycles. The standard InChI is InChI=1S/C11H21NO2/c1-8(2)12(9(3)4)11(13)14-10-6-5-7-10/h8-10H,5-7H2,1-4H3. The third kappa shape index (κ3) is 2.63. The van der Waals surface area contributed by atoms with Crippen LogP contribution in [0.1, 0.15) is 47.0 Å². The predicted molar refractivity (Wildman–Crippen MR) is 56.2 cm³/mol. The second-order valence-corrected chi connectivity index (χ2v) is 4.53. The number of nitrogens with zero attached hydrogens (tertiary/aromatic N) is 1. The van der Waals surface area contributed by atoms with E-state index in [0.29, 0.717) is 0 Å². The summed E-state index contributed by atoms with van der Waals surface area (Å²) in [6.07, 6.45) is 3.30. The van der Waals surface area contributed by atoms with E-state index in [2.05, 4.69) is 0 Å². The fourth-order valence-electron chi connectivity index (χ4n) is 1.71. The number of carbonyl (C=O) groups is 1. The van der Waals surface area contributed by atoms with Gasteiger partial charge in [0.1, 0.15) is 6.10 Å². The second-order valence-electron chi connectivity index (χ2n) is 4.53. The van der Waals surface area contributed by atoms with Crippen molar-refractivity contribution in [3.8, 4) is 0 Å². The van der Waals surface area contributed by atoms with Crippen molar-refractivity contribution in [1.29, 1.82) is 0 Å². The van der Waals surface area contributed by atoms with Gasteiger partial charge in [-0.2, -0.15) is 0 Å². The average Bonchev–Trinajstić information content (AvgIpc) is 1.95. The van der Waals surface area contributed by atoms with Gasteiger partial charge in [-0.05, 0) is 47.0 Å². The van der Waals surface area contributed by atoms with E-state index in [9.17, 15) is 4.79 Å². The summed E-state index contributed by atoms with van der Waals surface area (Å²) in [5.41, 5.74) is 0. The van der Waals surface area contributed by atoms with E-state index in [4.69, 9.17) is 4.74 Å². The van der Waals surface area contributed by atoms with E-state index in [0.717, 1.165) is 12.8 Å². The van der Waals surface area contributed by atoms with E-state index in [1.54, 1.807) is 4.90 Å². The molecule has 0 atom stereocenters. The largest absolute Gasteiger partial charge is 0.446 e. The highest BCUT2D eigenvalue weighted by Gasteiger charge is 2.27. The maximum Gasteiger partial charge on any atom is 0.410 e. The Morgan fingerprint density at radius 1 is 1.21 bits per heavy atom. The van der Waals surface area contributed by atoms with Crippen molar-refractivity contribution < 1.29 is 9.53 Å². The lowest BCUT2D eigenvalue weighted by Gasteiger charge is -2.33. The van der Waals surface area contributed by atoms with Crippen molar-refractivity contribution in [2.24, 2.45) is 0 Å². The SMILES string of the molecule is CC(C)N(C(=O)OC1CCC1)C(C)C. The van der Waals surface area contributed by atoms with Crippen LogP contribution in [0, 0.1) is 0 Å². The van der Waals surface area contributed by atoms with Gasteiger partial charge >= 0.3 is 6.09 Å². The molecule has 1 rings (SSSR count). The van der Waals surface area contributed by atoms with Crippen LogP contribution in [-0.2, 0) is 4.74 Å². The zero-order chi connectivity index (χ0) is 10.7. The molecule has 0 N–H and O–H groups in total. The molecule has 0 aromatic heterocycles. The Bertz CT molecular complexity index is 189. The van der Waals surface area contributed by atoms with Gasteiger partial charge in [0.15, 0.2) is 0 Å². The first-order chi connectivity index (χ1) is 6.52. The van der Waals surface area contributed by atoms with Crippen LogP contribution in [0.15, 0.2) is 0 Å². The van der Waals surface area contributed by atoms with E-state index in [-0.39, 0.29) is 24.3 Å². The Hall–Kier alpha value is -0.730. The highest BCUT2D eigenvalue weighted by atomic mass is 16.6. The normalized spacial score (nSPS) is 17.0. The molecular weight excluding hydrogens is 178 g/mol. The molecule has 0 bridgehead atoms. The zero-order valence-corrected chi connectivity index (χ0v) is 9.62. The summed E-state index contributed by atoms with van der Waals surface area (Å²) < 4.78 is 5.36. The van der Waals surface area contributed by atoms with Gasteiger partial charge < -0.3 is 9.64 Å². The smallest absolute Gasteiger partial charge is 0.410 e. The summed E-state index contributed by atoms with van der Waals surface area (Å²) in [5, 5.41) is 0. The highest BCUT2D eigenvalue weighted by Crippen LogP contribution is 2.23. The molecule has 3 heteroatoms. The molecule has 0 radical (unpaired) electrons. The quantitative estimate of drug-likeness (QED) is 0.699. The van der Waals surface area contributed by atoms with Crippen LogP contribution in [0.5, 0.6) is 0 Å². The number of ether oxygens (including phenoxy) is 1. The zero-order valence-electron chi connectivity index (χ0n) is 9.62.